The number of hydrogen-bond donors (Lipinski definition) is 2. The lowest BCUT2D eigenvalue weighted by Gasteiger charge is -2.33. The van der Waals surface area contributed by atoms with Gasteiger partial charge in [-0.15, -0.1) is 0 Å². The van der Waals surface area contributed by atoms with Crippen LogP contribution < -0.4 is 10.0 Å². The van der Waals surface area contributed by atoms with E-state index >= 15 is 0 Å². The van der Waals surface area contributed by atoms with Gasteiger partial charge in [0.2, 0.25) is 0 Å². The summed E-state index contributed by atoms with van der Waals surface area (Å²) in [6, 6.07) is 0. The quantitative estimate of drug-likeness (QED) is 0.846. The normalized spacial score (nSPS) is 19.1. The number of aryl methyl sites for hydroxylation is 2. The molecule has 0 atom stereocenters. The maximum absolute atomic E-state index is 12.3. The molecular formula is C13H24N4O2S. The van der Waals surface area contributed by atoms with E-state index in [0.29, 0.717) is 6.54 Å². The predicted molar refractivity (Wildman–Crippen MR) is 78.0 cm³/mol. The first-order valence-corrected chi connectivity index (χ1v) is 8.59. The standard InChI is InChI=1S/C13H24N4O2S/c1-4-17-9-12(16-11(17)2)20(18,19)15-10-13(3)5-7-14-8-6-13/h9,14-15H,4-8,10H2,1-3H3. The van der Waals surface area contributed by atoms with Crippen molar-refractivity contribution in [3.63, 3.8) is 0 Å². The molecule has 0 amide bonds. The van der Waals surface area contributed by atoms with Crippen LogP contribution in [0.1, 0.15) is 32.5 Å². The van der Waals surface area contributed by atoms with Crippen molar-refractivity contribution in [3.8, 4) is 0 Å². The molecule has 0 aliphatic carbocycles. The molecule has 1 aromatic heterocycles. The molecule has 0 aromatic carbocycles. The van der Waals surface area contributed by atoms with Crippen LogP contribution in [0.3, 0.4) is 0 Å². The number of nitrogens with one attached hydrogen (secondary N) is 2. The molecule has 0 bridgehead atoms. The van der Waals surface area contributed by atoms with Crippen LogP contribution in [0.15, 0.2) is 11.2 Å². The Hall–Kier alpha value is -0.920. The van der Waals surface area contributed by atoms with Crippen molar-refractivity contribution >= 4 is 10.0 Å². The number of imidazole rings is 1. The number of piperidine rings is 1. The van der Waals surface area contributed by atoms with Gasteiger partial charge in [-0.1, -0.05) is 6.92 Å². The zero-order valence-electron chi connectivity index (χ0n) is 12.4. The predicted octanol–water partition coefficient (Wildman–Crippen LogP) is 0.879. The molecule has 114 valence electrons. The van der Waals surface area contributed by atoms with E-state index in [0.717, 1.165) is 38.3 Å². The summed E-state index contributed by atoms with van der Waals surface area (Å²) in [6.45, 7) is 8.99. The van der Waals surface area contributed by atoms with Crippen LogP contribution in [0, 0.1) is 12.3 Å². The van der Waals surface area contributed by atoms with E-state index in [2.05, 4.69) is 21.9 Å². The molecule has 1 aliphatic rings. The minimum Gasteiger partial charge on any atom is -0.334 e. The highest BCUT2D eigenvalue weighted by atomic mass is 32.2. The van der Waals surface area contributed by atoms with Crippen molar-refractivity contribution in [1.82, 2.24) is 19.6 Å². The molecule has 0 unspecified atom stereocenters. The van der Waals surface area contributed by atoms with Crippen LogP contribution in [0.4, 0.5) is 0 Å². The fourth-order valence-electron chi connectivity index (χ4n) is 2.48. The Labute approximate surface area is 121 Å². The van der Waals surface area contributed by atoms with Gasteiger partial charge in [0.25, 0.3) is 10.0 Å². The Bertz CT molecular complexity index is 559. The van der Waals surface area contributed by atoms with Crippen LogP contribution in [0.25, 0.3) is 0 Å². The highest BCUT2D eigenvalue weighted by Gasteiger charge is 2.29. The van der Waals surface area contributed by atoms with Crippen molar-refractivity contribution < 1.29 is 8.42 Å². The first-order chi connectivity index (χ1) is 9.36. The van der Waals surface area contributed by atoms with Gasteiger partial charge in [0.15, 0.2) is 5.03 Å². The van der Waals surface area contributed by atoms with Crippen molar-refractivity contribution in [3.05, 3.63) is 12.0 Å². The van der Waals surface area contributed by atoms with Crippen LogP contribution in [-0.2, 0) is 16.6 Å². The van der Waals surface area contributed by atoms with Gasteiger partial charge in [0.05, 0.1) is 0 Å². The van der Waals surface area contributed by atoms with Gasteiger partial charge in [-0.2, -0.15) is 0 Å². The molecule has 1 aliphatic heterocycles. The maximum Gasteiger partial charge on any atom is 0.259 e. The lowest BCUT2D eigenvalue weighted by Crippen LogP contribution is -2.42. The molecule has 1 saturated heterocycles. The van der Waals surface area contributed by atoms with E-state index in [1.54, 1.807) is 6.20 Å². The van der Waals surface area contributed by atoms with Crippen LogP contribution in [-0.4, -0.2) is 37.6 Å². The highest BCUT2D eigenvalue weighted by Crippen LogP contribution is 2.27. The second kappa shape index (κ2) is 5.83. The molecule has 2 rings (SSSR count). The molecule has 0 saturated carbocycles. The fraction of sp³-hybridized carbons (Fsp3) is 0.769. The van der Waals surface area contributed by atoms with Gasteiger partial charge < -0.3 is 9.88 Å². The first-order valence-electron chi connectivity index (χ1n) is 7.10. The van der Waals surface area contributed by atoms with Gasteiger partial charge in [-0.05, 0) is 45.2 Å². The largest absolute Gasteiger partial charge is 0.334 e. The molecule has 1 aromatic rings. The Kier molecular flexibility index (Phi) is 4.51. The topological polar surface area (TPSA) is 76.0 Å². The van der Waals surface area contributed by atoms with Gasteiger partial charge in [0.1, 0.15) is 5.82 Å². The molecule has 2 N–H and O–H groups in total. The smallest absolute Gasteiger partial charge is 0.259 e. The lowest BCUT2D eigenvalue weighted by atomic mass is 9.81. The molecule has 2 heterocycles. The van der Waals surface area contributed by atoms with E-state index in [-0.39, 0.29) is 10.4 Å². The van der Waals surface area contributed by atoms with E-state index in [1.807, 2.05) is 18.4 Å². The number of aromatic nitrogens is 2. The molecule has 20 heavy (non-hydrogen) atoms. The fourth-order valence-corrected chi connectivity index (χ4v) is 3.68. The molecule has 7 heteroatoms. The van der Waals surface area contributed by atoms with E-state index in [1.165, 1.54) is 0 Å². The Balaban J connectivity index is 2.06. The summed E-state index contributed by atoms with van der Waals surface area (Å²) < 4.78 is 29.1. The van der Waals surface area contributed by atoms with Gasteiger partial charge in [0, 0.05) is 19.3 Å². The summed E-state index contributed by atoms with van der Waals surface area (Å²) in [4.78, 5) is 4.14. The monoisotopic (exact) mass is 300 g/mol. The molecule has 0 radical (unpaired) electrons. The average molecular weight is 300 g/mol. The zero-order chi connectivity index (χ0) is 14.8. The van der Waals surface area contributed by atoms with E-state index in [4.69, 9.17) is 0 Å². The summed E-state index contributed by atoms with van der Waals surface area (Å²) >= 11 is 0. The minimum absolute atomic E-state index is 0.0285. The van der Waals surface area contributed by atoms with Gasteiger partial charge in [-0.3, -0.25) is 0 Å². The van der Waals surface area contributed by atoms with E-state index < -0.39 is 10.0 Å². The summed E-state index contributed by atoms with van der Waals surface area (Å²) in [5.41, 5.74) is 0.0285. The first kappa shape index (κ1) is 15.5. The lowest BCUT2D eigenvalue weighted by molar-refractivity contribution is 0.232. The van der Waals surface area contributed by atoms with Crippen LogP contribution >= 0.6 is 0 Å². The summed E-state index contributed by atoms with van der Waals surface area (Å²) in [6.07, 6.45) is 3.57. The average Bonchev–Trinajstić information content (AvgIpc) is 2.80. The molecule has 0 spiro atoms. The molecule has 6 nitrogen and oxygen atoms in total. The number of sulfonamides is 1. The van der Waals surface area contributed by atoms with Gasteiger partial charge in [-0.25, -0.2) is 18.1 Å². The third kappa shape index (κ3) is 3.39. The van der Waals surface area contributed by atoms with Crippen molar-refractivity contribution in [1.29, 1.82) is 0 Å². The SMILES string of the molecule is CCn1cc(S(=O)(=O)NCC2(C)CCNCC2)nc1C. The third-order valence-corrected chi connectivity index (χ3v) is 5.34. The Morgan fingerprint density at radius 3 is 2.65 bits per heavy atom. The number of rotatable bonds is 5. The maximum atomic E-state index is 12.3. The zero-order valence-corrected chi connectivity index (χ0v) is 13.3. The minimum atomic E-state index is -3.51. The van der Waals surface area contributed by atoms with Gasteiger partial charge >= 0.3 is 0 Å². The summed E-state index contributed by atoms with van der Waals surface area (Å²) in [5, 5.41) is 3.41. The van der Waals surface area contributed by atoms with Crippen molar-refractivity contribution in [2.45, 2.75) is 45.2 Å². The highest BCUT2D eigenvalue weighted by molar-refractivity contribution is 7.89. The second-order valence-electron chi connectivity index (χ2n) is 5.80. The third-order valence-electron chi connectivity index (χ3n) is 4.07. The molecule has 1 fully saturated rings. The second-order valence-corrected chi connectivity index (χ2v) is 7.51. The number of nitrogens with zero attached hydrogens (tertiary/aromatic N) is 2. The van der Waals surface area contributed by atoms with E-state index in [9.17, 15) is 8.42 Å². The Morgan fingerprint density at radius 2 is 2.10 bits per heavy atom. The Morgan fingerprint density at radius 1 is 1.45 bits per heavy atom. The number of hydrogen-bond acceptors (Lipinski definition) is 4. The molecular weight excluding hydrogens is 276 g/mol. The summed E-state index contributed by atoms with van der Waals surface area (Å²) in [7, 11) is -3.51. The van der Waals surface area contributed by atoms with Crippen molar-refractivity contribution in [2.24, 2.45) is 5.41 Å². The van der Waals surface area contributed by atoms with Crippen molar-refractivity contribution in [2.75, 3.05) is 19.6 Å². The summed E-state index contributed by atoms with van der Waals surface area (Å²) in [5.74, 6) is 0.723. The van der Waals surface area contributed by atoms with Crippen LogP contribution in [0.2, 0.25) is 0 Å². The van der Waals surface area contributed by atoms with Crippen LogP contribution in [0.5, 0.6) is 0 Å².